The normalized spacial score (nSPS) is 11.0. The van der Waals surface area contributed by atoms with E-state index in [2.05, 4.69) is 45.0 Å². The fourth-order valence-corrected chi connectivity index (χ4v) is 2.16. The Morgan fingerprint density at radius 1 is 1.00 bits per heavy atom. The van der Waals surface area contributed by atoms with Gasteiger partial charge in [-0.1, -0.05) is 54.6 Å². The van der Waals surface area contributed by atoms with Crippen LogP contribution < -0.4 is 5.43 Å². The van der Waals surface area contributed by atoms with Crippen LogP contribution in [0, 0.1) is 0 Å². The third kappa shape index (κ3) is 3.42. The lowest BCUT2D eigenvalue weighted by Crippen LogP contribution is -1.96. The zero-order valence-corrected chi connectivity index (χ0v) is 11.6. The summed E-state index contributed by atoms with van der Waals surface area (Å²) >= 11 is 0. The lowest BCUT2D eigenvalue weighted by molar-refractivity contribution is 1.03. The lowest BCUT2D eigenvalue weighted by atomic mass is 10.1. The van der Waals surface area contributed by atoms with Crippen molar-refractivity contribution >= 4 is 22.8 Å². The van der Waals surface area contributed by atoms with Crippen LogP contribution in [0.1, 0.15) is 12.0 Å². The molecule has 1 N–H and O–H groups in total. The van der Waals surface area contributed by atoms with E-state index >= 15 is 0 Å². The summed E-state index contributed by atoms with van der Waals surface area (Å²) in [6.45, 7) is 0. The summed E-state index contributed by atoms with van der Waals surface area (Å²) in [6.07, 6.45) is 5.48. The van der Waals surface area contributed by atoms with Crippen molar-refractivity contribution in [1.29, 1.82) is 0 Å². The maximum Gasteiger partial charge on any atom is 0.176 e. The van der Waals surface area contributed by atoms with Crippen molar-refractivity contribution in [3.63, 3.8) is 0 Å². The molecule has 0 atom stereocenters. The lowest BCUT2D eigenvalue weighted by Gasteiger charge is -2.02. The summed E-state index contributed by atoms with van der Waals surface area (Å²) in [5.74, 6) is 0.684. The number of aryl methyl sites for hydroxylation is 1. The van der Waals surface area contributed by atoms with Gasteiger partial charge in [0.15, 0.2) is 5.82 Å². The molecule has 21 heavy (non-hydrogen) atoms. The minimum absolute atomic E-state index is 0.684. The van der Waals surface area contributed by atoms with Gasteiger partial charge in [-0.15, -0.1) is 5.10 Å². The van der Waals surface area contributed by atoms with Crippen LogP contribution in [-0.2, 0) is 6.42 Å². The molecule has 4 heteroatoms. The van der Waals surface area contributed by atoms with Crippen molar-refractivity contribution in [2.45, 2.75) is 12.8 Å². The second kappa shape index (κ2) is 6.61. The molecule has 0 radical (unpaired) electrons. The first-order chi connectivity index (χ1) is 10.4. The van der Waals surface area contributed by atoms with Crippen molar-refractivity contribution in [3.05, 3.63) is 66.4 Å². The molecule has 0 saturated heterocycles. The SMILES string of the molecule is C(/CCc1ccccc1)=N\Nc1nncc2ccccc12. The van der Waals surface area contributed by atoms with E-state index in [0.717, 1.165) is 23.6 Å². The quantitative estimate of drug-likeness (QED) is 0.571. The van der Waals surface area contributed by atoms with Crippen LogP contribution in [0.25, 0.3) is 10.8 Å². The molecule has 0 aliphatic rings. The smallest absolute Gasteiger partial charge is 0.176 e. The van der Waals surface area contributed by atoms with Gasteiger partial charge in [0, 0.05) is 17.0 Å². The van der Waals surface area contributed by atoms with Crippen molar-refractivity contribution in [1.82, 2.24) is 10.2 Å². The number of rotatable bonds is 5. The highest BCUT2D eigenvalue weighted by atomic mass is 15.3. The summed E-state index contributed by atoms with van der Waals surface area (Å²) in [5, 5.41) is 14.4. The average molecular weight is 276 g/mol. The van der Waals surface area contributed by atoms with Crippen LogP contribution in [0.3, 0.4) is 0 Å². The molecule has 3 aromatic rings. The number of fused-ring (bicyclic) bond motifs is 1. The molecule has 0 bridgehead atoms. The van der Waals surface area contributed by atoms with Crippen LogP contribution in [0.2, 0.25) is 0 Å². The molecule has 0 unspecified atom stereocenters. The Bertz CT molecular complexity index is 733. The van der Waals surface area contributed by atoms with Gasteiger partial charge in [0.2, 0.25) is 0 Å². The predicted octanol–water partition coefficient (Wildman–Crippen LogP) is 3.66. The van der Waals surface area contributed by atoms with Crippen LogP contribution in [0.15, 0.2) is 65.9 Å². The van der Waals surface area contributed by atoms with E-state index in [1.807, 2.05) is 36.5 Å². The van der Waals surface area contributed by atoms with Crippen molar-refractivity contribution in [3.8, 4) is 0 Å². The van der Waals surface area contributed by atoms with E-state index in [1.165, 1.54) is 5.56 Å². The first-order valence-electron chi connectivity index (χ1n) is 6.95. The molecule has 1 aromatic heterocycles. The first kappa shape index (κ1) is 13.2. The number of nitrogens with zero attached hydrogens (tertiary/aromatic N) is 3. The number of hydrogen-bond acceptors (Lipinski definition) is 4. The van der Waals surface area contributed by atoms with E-state index in [1.54, 1.807) is 6.20 Å². The van der Waals surface area contributed by atoms with Crippen LogP contribution in [0.4, 0.5) is 5.82 Å². The van der Waals surface area contributed by atoms with E-state index in [9.17, 15) is 0 Å². The third-order valence-electron chi connectivity index (χ3n) is 3.24. The van der Waals surface area contributed by atoms with Gasteiger partial charge < -0.3 is 0 Å². The highest BCUT2D eigenvalue weighted by Crippen LogP contribution is 2.18. The molecule has 0 saturated carbocycles. The van der Waals surface area contributed by atoms with Crippen LogP contribution in [-0.4, -0.2) is 16.4 Å². The zero-order chi connectivity index (χ0) is 14.3. The molecule has 0 aliphatic carbocycles. The fourth-order valence-electron chi connectivity index (χ4n) is 2.16. The second-order valence-corrected chi connectivity index (χ2v) is 4.73. The zero-order valence-electron chi connectivity index (χ0n) is 11.6. The Kier molecular flexibility index (Phi) is 4.17. The van der Waals surface area contributed by atoms with Gasteiger partial charge >= 0.3 is 0 Å². The van der Waals surface area contributed by atoms with Gasteiger partial charge in [-0.05, 0) is 18.4 Å². The minimum Gasteiger partial charge on any atom is -0.260 e. The van der Waals surface area contributed by atoms with Gasteiger partial charge in [-0.3, -0.25) is 5.43 Å². The predicted molar refractivity (Wildman–Crippen MR) is 86.4 cm³/mol. The van der Waals surface area contributed by atoms with Gasteiger partial charge in [0.25, 0.3) is 0 Å². The standard InChI is InChI=1S/C17H16N4/c1-2-7-14(8-3-1)9-6-12-18-20-17-16-11-5-4-10-15(16)13-19-21-17/h1-5,7-8,10-13H,6,9H2,(H,20,21)/b18-12+. The molecular weight excluding hydrogens is 260 g/mol. The van der Waals surface area contributed by atoms with Gasteiger partial charge in [-0.25, -0.2) is 0 Å². The summed E-state index contributed by atoms with van der Waals surface area (Å²) in [5.41, 5.74) is 4.28. The largest absolute Gasteiger partial charge is 0.260 e. The average Bonchev–Trinajstić information content (AvgIpc) is 2.56. The van der Waals surface area contributed by atoms with Gasteiger partial charge in [-0.2, -0.15) is 10.2 Å². The third-order valence-corrected chi connectivity index (χ3v) is 3.24. The van der Waals surface area contributed by atoms with E-state index in [-0.39, 0.29) is 0 Å². The molecular formula is C17H16N4. The summed E-state index contributed by atoms with van der Waals surface area (Å²) < 4.78 is 0. The number of aromatic nitrogens is 2. The van der Waals surface area contributed by atoms with Crippen molar-refractivity contribution in [2.24, 2.45) is 5.10 Å². The number of benzene rings is 2. The number of anilines is 1. The Balaban J connectivity index is 1.60. The Morgan fingerprint density at radius 3 is 2.71 bits per heavy atom. The van der Waals surface area contributed by atoms with Gasteiger partial charge in [0.05, 0.1) is 6.20 Å². The first-order valence-corrected chi connectivity index (χ1v) is 6.95. The Labute approximate surface area is 123 Å². The van der Waals surface area contributed by atoms with Gasteiger partial charge in [0.1, 0.15) is 0 Å². The Morgan fingerprint density at radius 2 is 1.81 bits per heavy atom. The summed E-state index contributed by atoms with van der Waals surface area (Å²) in [7, 11) is 0. The molecule has 0 spiro atoms. The topological polar surface area (TPSA) is 50.2 Å². The van der Waals surface area contributed by atoms with E-state index in [4.69, 9.17) is 0 Å². The van der Waals surface area contributed by atoms with Crippen LogP contribution in [0.5, 0.6) is 0 Å². The molecule has 0 amide bonds. The van der Waals surface area contributed by atoms with E-state index < -0.39 is 0 Å². The highest BCUT2D eigenvalue weighted by molar-refractivity contribution is 5.90. The maximum atomic E-state index is 4.23. The van der Waals surface area contributed by atoms with Crippen molar-refractivity contribution < 1.29 is 0 Å². The number of hydrogen-bond donors (Lipinski definition) is 1. The summed E-state index contributed by atoms with van der Waals surface area (Å²) in [4.78, 5) is 0. The molecule has 0 aliphatic heterocycles. The Hall–Kier alpha value is -2.75. The van der Waals surface area contributed by atoms with Crippen LogP contribution >= 0.6 is 0 Å². The molecule has 4 nitrogen and oxygen atoms in total. The molecule has 2 aromatic carbocycles. The number of nitrogens with one attached hydrogen (secondary N) is 1. The molecule has 0 fully saturated rings. The van der Waals surface area contributed by atoms with Crippen molar-refractivity contribution in [2.75, 3.05) is 5.43 Å². The maximum absolute atomic E-state index is 4.23. The summed E-state index contributed by atoms with van der Waals surface area (Å²) in [6, 6.07) is 18.4. The minimum atomic E-state index is 0.684. The van der Waals surface area contributed by atoms with E-state index in [0.29, 0.717) is 5.82 Å². The molecule has 104 valence electrons. The second-order valence-electron chi connectivity index (χ2n) is 4.73. The fraction of sp³-hybridized carbons (Fsp3) is 0.118. The molecule has 1 heterocycles. The monoisotopic (exact) mass is 276 g/mol. The number of hydrazone groups is 1. The highest BCUT2D eigenvalue weighted by Gasteiger charge is 2.00. The molecule has 3 rings (SSSR count).